The second kappa shape index (κ2) is 9.25. The largest absolute Gasteiger partial charge is 0.355 e. The molecule has 0 saturated heterocycles. The van der Waals surface area contributed by atoms with E-state index < -0.39 is 15.6 Å². The molecule has 0 rings (SSSR count). The fourth-order valence-electron chi connectivity index (χ4n) is 2.04. The number of guanidine groups is 1. The Hall–Kier alpha value is -0.820. The number of hydrogen-bond acceptors (Lipinski definition) is 3. The molecule has 7 heteroatoms. The maximum atomic E-state index is 11.3. The molecule has 1 atom stereocenters. The van der Waals surface area contributed by atoms with E-state index in [-0.39, 0.29) is 0 Å². The highest BCUT2D eigenvalue weighted by Gasteiger charge is 2.22. The third kappa shape index (κ3) is 11.5. The van der Waals surface area contributed by atoms with Gasteiger partial charge in [0.1, 0.15) is 0 Å². The van der Waals surface area contributed by atoms with Crippen molar-refractivity contribution in [3.63, 3.8) is 0 Å². The summed E-state index contributed by atoms with van der Waals surface area (Å²) in [7, 11) is -1.51. The molecular weight excluding hydrogens is 288 g/mol. The lowest BCUT2D eigenvalue weighted by atomic mass is 10.1. The SMILES string of the molecule is CCCCCC(C)NC(=NC)NCC(C)(C)NS(C)(=O)=O. The number of nitrogens with one attached hydrogen (secondary N) is 3. The molecule has 0 fully saturated rings. The standard InChI is InChI=1S/C14H32N4O2S/c1-7-8-9-10-12(2)17-13(15-5)16-11-14(3,4)18-21(6,19)20/h12,18H,7-11H2,1-6H3,(H2,15,16,17). The van der Waals surface area contributed by atoms with Gasteiger partial charge in [0.15, 0.2) is 5.96 Å². The van der Waals surface area contributed by atoms with Crippen molar-refractivity contribution in [3.8, 4) is 0 Å². The van der Waals surface area contributed by atoms with E-state index in [1.807, 2.05) is 13.8 Å². The minimum atomic E-state index is -3.22. The summed E-state index contributed by atoms with van der Waals surface area (Å²) in [5.41, 5.74) is -0.573. The number of nitrogens with zero attached hydrogens (tertiary/aromatic N) is 1. The Kier molecular flexibility index (Phi) is 8.89. The molecule has 0 spiro atoms. The Labute approximate surface area is 130 Å². The summed E-state index contributed by atoms with van der Waals surface area (Å²) in [6, 6.07) is 0.341. The van der Waals surface area contributed by atoms with Crippen LogP contribution < -0.4 is 15.4 Å². The van der Waals surface area contributed by atoms with Crippen molar-refractivity contribution >= 4 is 16.0 Å². The molecule has 0 aromatic rings. The van der Waals surface area contributed by atoms with Gasteiger partial charge in [-0.25, -0.2) is 13.1 Å². The third-order valence-corrected chi connectivity index (χ3v) is 3.93. The maximum absolute atomic E-state index is 11.3. The van der Waals surface area contributed by atoms with Gasteiger partial charge in [-0.15, -0.1) is 0 Å². The Morgan fingerprint density at radius 1 is 1.29 bits per heavy atom. The van der Waals surface area contributed by atoms with Gasteiger partial charge in [-0.05, 0) is 27.2 Å². The van der Waals surface area contributed by atoms with Crippen LogP contribution in [-0.2, 0) is 10.0 Å². The Bertz CT molecular complexity index is 419. The van der Waals surface area contributed by atoms with Gasteiger partial charge in [-0.3, -0.25) is 4.99 Å². The van der Waals surface area contributed by atoms with Crippen molar-refractivity contribution in [2.24, 2.45) is 4.99 Å². The van der Waals surface area contributed by atoms with Crippen LogP contribution in [0.5, 0.6) is 0 Å². The van der Waals surface area contributed by atoms with Crippen molar-refractivity contribution < 1.29 is 8.42 Å². The van der Waals surface area contributed by atoms with Crippen molar-refractivity contribution in [2.45, 2.75) is 65.0 Å². The lowest BCUT2D eigenvalue weighted by Crippen LogP contribution is -2.53. The highest BCUT2D eigenvalue weighted by molar-refractivity contribution is 7.88. The topological polar surface area (TPSA) is 82.6 Å². The van der Waals surface area contributed by atoms with Crippen LogP contribution in [0.3, 0.4) is 0 Å². The Morgan fingerprint density at radius 2 is 1.90 bits per heavy atom. The van der Waals surface area contributed by atoms with Crippen LogP contribution in [0.15, 0.2) is 4.99 Å². The van der Waals surface area contributed by atoms with E-state index in [1.54, 1.807) is 7.05 Å². The zero-order valence-electron chi connectivity index (χ0n) is 14.3. The fraction of sp³-hybridized carbons (Fsp3) is 0.929. The Balaban J connectivity index is 4.27. The van der Waals surface area contributed by atoms with Crippen LogP contribution in [0.25, 0.3) is 0 Å². The molecule has 0 radical (unpaired) electrons. The van der Waals surface area contributed by atoms with Crippen molar-refractivity contribution in [1.29, 1.82) is 0 Å². The van der Waals surface area contributed by atoms with Crippen LogP contribution in [0.1, 0.15) is 53.4 Å². The summed E-state index contributed by atoms with van der Waals surface area (Å²) in [6.45, 7) is 8.44. The number of hydrogen-bond donors (Lipinski definition) is 3. The van der Waals surface area contributed by atoms with Gasteiger partial charge in [0.25, 0.3) is 0 Å². The van der Waals surface area contributed by atoms with E-state index in [0.29, 0.717) is 18.5 Å². The summed E-state index contributed by atoms with van der Waals surface area (Å²) in [6.07, 6.45) is 5.91. The van der Waals surface area contributed by atoms with E-state index in [4.69, 9.17) is 0 Å². The normalized spacial score (nSPS) is 14.9. The van der Waals surface area contributed by atoms with Crippen molar-refractivity contribution in [1.82, 2.24) is 15.4 Å². The molecule has 0 bridgehead atoms. The summed E-state index contributed by atoms with van der Waals surface area (Å²) < 4.78 is 25.2. The molecule has 0 aliphatic rings. The lowest BCUT2D eigenvalue weighted by molar-refractivity contribution is 0.444. The average molecular weight is 321 g/mol. The first-order valence-corrected chi connectivity index (χ1v) is 9.45. The minimum Gasteiger partial charge on any atom is -0.355 e. The second-order valence-electron chi connectivity index (χ2n) is 6.23. The van der Waals surface area contributed by atoms with Crippen LogP contribution >= 0.6 is 0 Å². The van der Waals surface area contributed by atoms with Gasteiger partial charge in [0.05, 0.1) is 6.26 Å². The summed E-state index contributed by atoms with van der Waals surface area (Å²) in [5, 5.41) is 6.49. The lowest BCUT2D eigenvalue weighted by Gasteiger charge is -2.27. The zero-order valence-corrected chi connectivity index (χ0v) is 15.1. The summed E-state index contributed by atoms with van der Waals surface area (Å²) in [5.74, 6) is 0.697. The molecule has 21 heavy (non-hydrogen) atoms. The molecule has 0 aromatic heterocycles. The average Bonchev–Trinajstić information content (AvgIpc) is 2.31. The van der Waals surface area contributed by atoms with Gasteiger partial charge in [-0.1, -0.05) is 26.2 Å². The molecular formula is C14H32N4O2S. The number of sulfonamides is 1. The molecule has 0 saturated carbocycles. The third-order valence-electron chi connectivity index (χ3n) is 3.01. The maximum Gasteiger partial charge on any atom is 0.209 e. The minimum absolute atomic E-state index is 0.341. The molecule has 6 nitrogen and oxygen atoms in total. The van der Waals surface area contributed by atoms with Gasteiger partial charge in [-0.2, -0.15) is 0 Å². The van der Waals surface area contributed by atoms with Crippen LogP contribution in [0, 0.1) is 0 Å². The monoisotopic (exact) mass is 320 g/mol. The number of rotatable bonds is 9. The van der Waals surface area contributed by atoms with E-state index in [2.05, 4.69) is 34.2 Å². The van der Waals surface area contributed by atoms with Crippen LogP contribution in [0.2, 0.25) is 0 Å². The molecule has 0 aromatic carbocycles. The fourth-order valence-corrected chi connectivity index (χ4v) is 3.12. The molecule has 1 unspecified atom stereocenters. The summed E-state index contributed by atoms with van der Waals surface area (Å²) >= 11 is 0. The summed E-state index contributed by atoms with van der Waals surface area (Å²) in [4.78, 5) is 4.17. The van der Waals surface area contributed by atoms with E-state index in [1.165, 1.54) is 19.3 Å². The highest BCUT2D eigenvalue weighted by atomic mass is 32.2. The molecule has 126 valence electrons. The molecule has 0 heterocycles. The van der Waals surface area contributed by atoms with Crippen molar-refractivity contribution in [2.75, 3.05) is 19.8 Å². The number of unbranched alkanes of at least 4 members (excludes halogenated alkanes) is 2. The molecule has 3 N–H and O–H groups in total. The van der Waals surface area contributed by atoms with E-state index in [9.17, 15) is 8.42 Å². The van der Waals surface area contributed by atoms with E-state index in [0.717, 1.165) is 12.7 Å². The highest BCUT2D eigenvalue weighted by Crippen LogP contribution is 2.04. The molecule has 0 aliphatic heterocycles. The van der Waals surface area contributed by atoms with Crippen LogP contribution in [0.4, 0.5) is 0 Å². The predicted molar refractivity (Wildman–Crippen MR) is 90.2 cm³/mol. The Morgan fingerprint density at radius 3 is 2.38 bits per heavy atom. The first-order valence-electron chi connectivity index (χ1n) is 7.56. The zero-order chi connectivity index (χ0) is 16.5. The first-order chi connectivity index (χ1) is 9.59. The van der Waals surface area contributed by atoms with Gasteiger partial charge < -0.3 is 10.6 Å². The number of aliphatic imine (C=N–C) groups is 1. The van der Waals surface area contributed by atoms with Gasteiger partial charge in [0.2, 0.25) is 10.0 Å². The molecule has 0 aliphatic carbocycles. The van der Waals surface area contributed by atoms with Crippen molar-refractivity contribution in [3.05, 3.63) is 0 Å². The van der Waals surface area contributed by atoms with E-state index >= 15 is 0 Å². The second-order valence-corrected chi connectivity index (χ2v) is 7.97. The predicted octanol–water partition coefficient (Wildman–Crippen LogP) is 1.45. The smallest absolute Gasteiger partial charge is 0.209 e. The van der Waals surface area contributed by atoms with Crippen LogP contribution in [-0.4, -0.2) is 45.8 Å². The first kappa shape index (κ1) is 20.2. The quantitative estimate of drug-likeness (QED) is 0.341. The van der Waals surface area contributed by atoms with Gasteiger partial charge >= 0.3 is 0 Å². The van der Waals surface area contributed by atoms with Gasteiger partial charge in [0, 0.05) is 25.2 Å². The molecule has 0 amide bonds.